The van der Waals surface area contributed by atoms with E-state index in [9.17, 15) is 14.4 Å². The summed E-state index contributed by atoms with van der Waals surface area (Å²) in [6.07, 6.45) is 1.44. The molecule has 0 atom stereocenters. The summed E-state index contributed by atoms with van der Waals surface area (Å²) in [5, 5.41) is 7.38. The maximum atomic E-state index is 12.5. The normalized spacial score (nSPS) is 10.7. The van der Waals surface area contributed by atoms with Gasteiger partial charge in [0.1, 0.15) is 0 Å². The number of nitrogens with zero attached hydrogens (tertiary/aromatic N) is 1. The van der Waals surface area contributed by atoms with Crippen molar-refractivity contribution in [1.29, 1.82) is 0 Å². The highest BCUT2D eigenvalue weighted by Gasteiger charge is 2.14. The molecule has 0 bridgehead atoms. The van der Waals surface area contributed by atoms with Crippen molar-refractivity contribution in [2.24, 2.45) is 5.10 Å². The molecule has 8 nitrogen and oxygen atoms in total. The van der Waals surface area contributed by atoms with Gasteiger partial charge in [0.05, 0.1) is 29.0 Å². The summed E-state index contributed by atoms with van der Waals surface area (Å²) < 4.78 is 11.1. The summed E-state index contributed by atoms with van der Waals surface area (Å²) >= 11 is 12.0. The van der Waals surface area contributed by atoms with Crippen LogP contribution in [0.4, 0.5) is 5.69 Å². The number of hydrogen-bond donors (Lipinski definition) is 2. The third-order valence-electron chi connectivity index (χ3n) is 5.44. The first-order valence-corrected chi connectivity index (χ1v) is 12.8. The number of rotatable bonds is 9. The van der Waals surface area contributed by atoms with Crippen molar-refractivity contribution in [3.05, 3.63) is 123 Å². The fourth-order valence-corrected chi connectivity index (χ4v) is 3.99. The van der Waals surface area contributed by atoms with Crippen molar-refractivity contribution in [3.8, 4) is 11.5 Å². The predicted octanol–water partition coefficient (Wildman–Crippen LogP) is 6.63. The lowest BCUT2D eigenvalue weighted by Crippen LogP contribution is -2.18. The lowest BCUT2D eigenvalue weighted by molar-refractivity contribution is 0.0728. The minimum atomic E-state index is -0.505. The fraction of sp³-hybridized carbons (Fsp3) is 0.0667. The molecular formula is C30H23Cl2N3O5. The van der Waals surface area contributed by atoms with Crippen LogP contribution < -0.4 is 20.2 Å². The van der Waals surface area contributed by atoms with Crippen LogP contribution in [0.25, 0.3) is 0 Å². The van der Waals surface area contributed by atoms with Gasteiger partial charge in [-0.15, -0.1) is 0 Å². The van der Waals surface area contributed by atoms with Crippen LogP contribution in [0.3, 0.4) is 0 Å². The van der Waals surface area contributed by atoms with Crippen molar-refractivity contribution in [2.75, 3.05) is 11.9 Å². The van der Waals surface area contributed by atoms with Crippen LogP contribution in [0.15, 0.2) is 96.1 Å². The minimum Gasteiger partial charge on any atom is -0.490 e. The number of amides is 2. The largest absolute Gasteiger partial charge is 0.490 e. The maximum Gasteiger partial charge on any atom is 0.343 e. The Morgan fingerprint density at radius 2 is 1.57 bits per heavy atom. The Bertz CT molecular complexity index is 1560. The molecule has 0 unspecified atom stereocenters. The molecule has 4 rings (SSSR count). The smallest absolute Gasteiger partial charge is 0.343 e. The predicted molar refractivity (Wildman–Crippen MR) is 155 cm³/mol. The molecule has 0 aliphatic rings. The Kier molecular flexibility index (Phi) is 9.51. The molecule has 0 aliphatic carbocycles. The van der Waals surface area contributed by atoms with Crippen molar-refractivity contribution < 1.29 is 23.9 Å². The Hall–Kier alpha value is -4.66. The molecule has 10 heteroatoms. The summed E-state index contributed by atoms with van der Waals surface area (Å²) in [6, 6.07) is 24.4. The minimum absolute atomic E-state index is 0.232. The molecule has 0 aromatic heterocycles. The first-order chi connectivity index (χ1) is 19.3. The first kappa shape index (κ1) is 28.4. The number of carbonyl (C=O) groups is 3. The summed E-state index contributed by atoms with van der Waals surface area (Å²) in [4.78, 5) is 37.4. The van der Waals surface area contributed by atoms with Gasteiger partial charge in [-0.2, -0.15) is 5.10 Å². The number of hydrogen-bond acceptors (Lipinski definition) is 6. The number of halogens is 2. The van der Waals surface area contributed by atoms with Gasteiger partial charge < -0.3 is 14.8 Å². The van der Waals surface area contributed by atoms with Gasteiger partial charge in [-0.25, -0.2) is 10.2 Å². The molecule has 0 heterocycles. The van der Waals surface area contributed by atoms with E-state index in [2.05, 4.69) is 15.8 Å². The summed E-state index contributed by atoms with van der Waals surface area (Å²) in [7, 11) is 0. The van der Waals surface area contributed by atoms with Crippen molar-refractivity contribution >= 4 is 52.9 Å². The topological polar surface area (TPSA) is 106 Å². The average molecular weight is 576 g/mol. The summed E-state index contributed by atoms with van der Waals surface area (Å²) in [5.41, 5.74) is 4.57. The molecular weight excluding hydrogens is 553 g/mol. The van der Waals surface area contributed by atoms with Crippen molar-refractivity contribution in [1.82, 2.24) is 5.43 Å². The lowest BCUT2D eigenvalue weighted by Gasteiger charge is -2.11. The highest BCUT2D eigenvalue weighted by atomic mass is 35.5. The zero-order valence-electron chi connectivity index (χ0n) is 21.2. The van der Waals surface area contributed by atoms with Crippen LogP contribution >= 0.6 is 23.2 Å². The van der Waals surface area contributed by atoms with Gasteiger partial charge in [-0.05, 0) is 85.3 Å². The molecule has 0 radical (unpaired) electrons. The fourth-order valence-electron chi connectivity index (χ4n) is 3.50. The second-order valence-electron chi connectivity index (χ2n) is 8.25. The number of benzene rings is 4. The zero-order chi connectivity index (χ0) is 28.5. The van der Waals surface area contributed by atoms with E-state index in [-0.39, 0.29) is 16.3 Å². The van der Waals surface area contributed by atoms with Gasteiger partial charge in [0.25, 0.3) is 11.8 Å². The zero-order valence-corrected chi connectivity index (χ0v) is 22.7. The monoisotopic (exact) mass is 575 g/mol. The van der Waals surface area contributed by atoms with Gasteiger partial charge in [-0.3, -0.25) is 9.59 Å². The van der Waals surface area contributed by atoms with E-state index in [1.807, 2.05) is 13.0 Å². The third kappa shape index (κ3) is 7.47. The number of ether oxygens (including phenoxy) is 2. The molecule has 0 fully saturated rings. The van der Waals surface area contributed by atoms with Crippen molar-refractivity contribution in [3.63, 3.8) is 0 Å². The van der Waals surface area contributed by atoms with E-state index in [1.165, 1.54) is 18.3 Å². The van der Waals surface area contributed by atoms with Gasteiger partial charge in [0.15, 0.2) is 11.5 Å². The molecule has 0 saturated heterocycles. The Morgan fingerprint density at radius 3 is 2.27 bits per heavy atom. The summed E-state index contributed by atoms with van der Waals surface area (Å²) in [6.45, 7) is 2.17. The van der Waals surface area contributed by atoms with Crippen LogP contribution in [0.2, 0.25) is 10.0 Å². The molecule has 2 N–H and O–H groups in total. The lowest BCUT2D eigenvalue weighted by atomic mass is 10.1. The van der Waals surface area contributed by atoms with Crippen LogP contribution in [-0.4, -0.2) is 30.6 Å². The maximum absolute atomic E-state index is 12.5. The molecule has 40 heavy (non-hydrogen) atoms. The van der Waals surface area contributed by atoms with E-state index in [4.69, 9.17) is 32.7 Å². The number of anilines is 1. The van der Waals surface area contributed by atoms with Gasteiger partial charge in [0, 0.05) is 16.3 Å². The standard InChI is InChI=1S/C30H23Cl2N3O5/c1-2-39-27-16-19(8-15-26(27)40-30(38)21-6-4-3-5-7-21)18-33-35-28(36)20-9-12-23(13-10-20)34-29(37)24-14-11-22(31)17-25(24)32/h3-18H,2H2,1H3,(H,34,37)(H,35,36)/b33-18-. The molecule has 4 aromatic carbocycles. The quantitative estimate of drug-likeness (QED) is 0.101. The van der Waals surface area contributed by atoms with Gasteiger partial charge in [0.2, 0.25) is 0 Å². The Balaban J connectivity index is 1.36. The molecule has 2 amide bonds. The molecule has 202 valence electrons. The number of carbonyl (C=O) groups excluding carboxylic acids is 3. The van der Waals surface area contributed by atoms with Crippen molar-refractivity contribution in [2.45, 2.75) is 6.92 Å². The first-order valence-electron chi connectivity index (χ1n) is 12.1. The van der Waals surface area contributed by atoms with Gasteiger partial charge in [-0.1, -0.05) is 41.4 Å². The average Bonchev–Trinajstić information content (AvgIpc) is 2.95. The number of esters is 1. The van der Waals surface area contributed by atoms with Crippen LogP contribution in [0.1, 0.15) is 43.6 Å². The highest BCUT2D eigenvalue weighted by Crippen LogP contribution is 2.29. The van der Waals surface area contributed by atoms with E-state index >= 15 is 0 Å². The third-order valence-corrected chi connectivity index (χ3v) is 5.99. The van der Waals surface area contributed by atoms with E-state index in [1.54, 1.807) is 72.8 Å². The summed E-state index contributed by atoms with van der Waals surface area (Å²) in [5.74, 6) is -0.736. The molecule has 0 aliphatic heterocycles. The van der Waals surface area contributed by atoms with E-state index in [0.29, 0.717) is 39.8 Å². The van der Waals surface area contributed by atoms with Gasteiger partial charge >= 0.3 is 5.97 Å². The Morgan fingerprint density at radius 1 is 0.825 bits per heavy atom. The van der Waals surface area contributed by atoms with Crippen LogP contribution in [0, 0.1) is 0 Å². The number of hydrazone groups is 1. The Labute approximate surface area is 240 Å². The van der Waals surface area contributed by atoms with Crippen LogP contribution in [-0.2, 0) is 0 Å². The molecule has 0 saturated carbocycles. The molecule has 4 aromatic rings. The molecule has 0 spiro atoms. The number of nitrogens with one attached hydrogen (secondary N) is 2. The van der Waals surface area contributed by atoms with E-state index < -0.39 is 17.8 Å². The second kappa shape index (κ2) is 13.4. The highest BCUT2D eigenvalue weighted by molar-refractivity contribution is 6.37. The SMILES string of the molecule is CCOc1cc(/C=N\NC(=O)c2ccc(NC(=O)c3ccc(Cl)cc3Cl)cc2)ccc1OC(=O)c1ccccc1. The van der Waals surface area contributed by atoms with Crippen LogP contribution in [0.5, 0.6) is 11.5 Å². The second-order valence-corrected chi connectivity index (χ2v) is 9.09. The van der Waals surface area contributed by atoms with E-state index in [0.717, 1.165) is 0 Å².